The maximum atomic E-state index is 5.25. The van der Waals surface area contributed by atoms with Crippen LogP contribution in [0.15, 0.2) is 48.5 Å². The van der Waals surface area contributed by atoms with Crippen LogP contribution in [0.2, 0.25) is 0 Å². The van der Waals surface area contributed by atoms with Gasteiger partial charge in [0.15, 0.2) is 5.65 Å². The molecule has 0 radical (unpaired) electrons. The molecule has 7 heteroatoms. The van der Waals surface area contributed by atoms with Gasteiger partial charge in [-0.25, -0.2) is 9.50 Å². The van der Waals surface area contributed by atoms with Crippen molar-refractivity contribution in [2.75, 3.05) is 12.4 Å². The van der Waals surface area contributed by atoms with E-state index in [1.165, 1.54) is 5.56 Å². The normalized spacial score (nSPS) is 11.4. The average Bonchev–Trinajstić information content (AvgIpc) is 3.27. The van der Waals surface area contributed by atoms with Gasteiger partial charge in [-0.1, -0.05) is 18.2 Å². The minimum Gasteiger partial charge on any atom is -0.497 e. The zero-order chi connectivity index (χ0) is 22.4. The second kappa shape index (κ2) is 7.67. The molecular weight excluding hydrogens is 400 g/mol. The van der Waals surface area contributed by atoms with E-state index in [9.17, 15) is 0 Å². The molecule has 3 aromatic heterocycles. The molecule has 2 aromatic carbocycles. The number of hydrogen-bond acceptors (Lipinski definition) is 5. The molecule has 0 aliphatic carbocycles. The van der Waals surface area contributed by atoms with Crippen molar-refractivity contribution >= 4 is 22.2 Å². The molecule has 0 amide bonds. The Hall–Kier alpha value is -3.87. The van der Waals surface area contributed by atoms with Gasteiger partial charge in [-0.05, 0) is 56.7 Å². The molecule has 32 heavy (non-hydrogen) atoms. The maximum absolute atomic E-state index is 5.25. The predicted octanol–water partition coefficient (Wildman–Crippen LogP) is 4.83. The molecule has 0 atom stereocenters. The first kappa shape index (κ1) is 20.1. The third kappa shape index (κ3) is 3.36. The van der Waals surface area contributed by atoms with Crippen LogP contribution in [0, 0.1) is 20.8 Å². The molecule has 1 N–H and O–H groups in total. The van der Waals surface area contributed by atoms with Crippen molar-refractivity contribution in [3.05, 3.63) is 71.2 Å². The number of nitrogens with one attached hydrogen (secondary N) is 1. The van der Waals surface area contributed by atoms with Crippen LogP contribution in [-0.2, 0) is 13.6 Å². The van der Waals surface area contributed by atoms with E-state index in [1.54, 1.807) is 7.11 Å². The Balaban J connectivity index is 1.56. The van der Waals surface area contributed by atoms with Crippen LogP contribution >= 0.6 is 0 Å². The SMILES string of the molecule is COc1ccc(CNc2cc(C)nn3c(-c4ccc5c(c4)c(C)nn5C)c(C)nc23)cc1. The van der Waals surface area contributed by atoms with Crippen LogP contribution in [-0.4, -0.2) is 31.5 Å². The third-order valence-electron chi connectivity index (χ3n) is 5.83. The Kier molecular flexibility index (Phi) is 4.81. The molecule has 0 aliphatic heterocycles. The summed E-state index contributed by atoms with van der Waals surface area (Å²) in [5.74, 6) is 0.852. The van der Waals surface area contributed by atoms with Gasteiger partial charge in [0.1, 0.15) is 5.75 Å². The largest absolute Gasteiger partial charge is 0.497 e. The second-order valence-electron chi connectivity index (χ2n) is 8.12. The highest BCUT2D eigenvalue weighted by Gasteiger charge is 2.17. The summed E-state index contributed by atoms with van der Waals surface area (Å²) in [6.07, 6.45) is 0. The van der Waals surface area contributed by atoms with Gasteiger partial charge in [0, 0.05) is 24.5 Å². The lowest BCUT2D eigenvalue weighted by Gasteiger charge is -2.10. The van der Waals surface area contributed by atoms with E-state index < -0.39 is 0 Å². The molecule has 5 aromatic rings. The standard InChI is InChI=1S/C25H26N6O/c1-15-12-22(26-14-18-6-9-20(32-5)10-7-18)25-27-17(3)24(31(25)28-15)19-8-11-23-21(13-19)16(2)29-30(23)4/h6-13,26H,14H2,1-5H3. The van der Waals surface area contributed by atoms with Gasteiger partial charge >= 0.3 is 0 Å². The van der Waals surface area contributed by atoms with Gasteiger partial charge in [-0.15, -0.1) is 0 Å². The van der Waals surface area contributed by atoms with Crippen molar-refractivity contribution < 1.29 is 4.74 Å². The van der Waals surface area contributed by atoms with Crippen molar-refractivity contribution in [1.82, 2.24) is 24.4 Å². The van der Waals surface area contributed by atoms with E-state index in [0.29, 0.717) is 6.54 Å². The topological polar surface area (TPSA) is 69.3 Å². The molecule has 0 spiro atoms. The lowest BCUT2D eigenvalue weighted by molar-refractivity contribution is 0.414. The smallest absolute Gasteiger partial charge is 0.177 e. The molecule has 0 saturated carbocycles. The summed E-state index contributed by atoms with van der Waals surface area (Å²) in [7, 11) is 3.65. The van der Waals surface area contributed by atoms with Crippen LogP contribution in [0.5, 0.6) is 5.75 Å². The van der Waals surface area contributed by atoms with Crippen LogP contribution in [0.25, 0.3) is 27.8 Å². The number of rotatable bonds is 5. The first-order valence-corrected chi connectivity index (χ1v) is 10.6. The van der Waals surface area contributed by atoms with Crippen molar-refractivity contribution in [3.63, 3.8) is 0 Å². The van der Waals surface area contributed by atoms with E-state index in [2.05, 4.69) is 40.7 Å². The van der Waals surface area contributed by atoms with E-state index >= 15 is 0 Å². The number of methoxy groups -OCH3 is 1. The number of aromatic nitrogens is 5. The molecular formula is C25H26N6O. The van der Waals surface area contributed by atoms with Crippen LogP contribution in [0.1, 0.15) is 22.6 Å². The average molecular weight is 427 g/mol. The Morgan fingerprint density at radius 3 is 2.47 bits per heavy atom. The van der Waals surface area contributed by atoms with Gasteiger partial charge in [0.05, 0.1) is 41.1 Å². The minimum absolute atomic E-state index is 0.686. The summed E-state index contributed by atoms with van der Waals surface area (Å²) in [6.45, 7) is 6.76. The number of nitrogens with zero attached hydrogens (tertiary/aromatic N) is 5. The minimum atomic E-state index is 0.686. The lowest BCUT2D eigenvalue weighted by atomic mass is 10.1. The van der Waals surface area contributed by atoms with Gasteiger partial charge in [-0.3, -0.25) is 4.68 Å². The first-order chi connectivity index (χ1) is 15.4. The van der Waals surface area contributed by atoms with Crippen LogP contribution < -0.4 is 10.1 Å². The van der Waals surface area contributed by atoms with Crippen LogP contribution in [0.3, 0.4) is 0 Å². The number of fused-ring (bicyclic) bond motifs is 2. The summed E-state index contributed by atoms with van der Waals surface area (Å²) < 4.78 is 9.12. The monoisotopic (exact) mass is 426 g/mol. The molecule has 162 valence electrons. The van der Waals surface area contributed by atoms with Crippen molar-refractivity contribution in [2.45, 2.75) is 27.3 Å². The molecule has 0 saturated heterocycles. The van der Waals surface area contributed by atoms with Crippen molar-refractivity contribution in [3.8, 4) is 17.0 Å². The highest BCUT2D eigenvalue weighted by molar-refractivity contribution is 5.87. The third-order valence-corrected chi connectivity index (χ3v) is 5.83. The summed E-state index contributed by atoms with van der Waals surface area (Å²) in [5.41, 5.74) is 9.02. The quantitative estimate of drug-likeness (QED) is 0.436. The number of hydrogen-bond donors (Lipinski definition) is 1. The Morgan fingerprint density at radius 2 is 1.72 bits per heavy atom. The number of ether oxygens (including phenoxy) is 1. The molecule has 0 aliphatic rings. The number of anilines is 1. The van der Waals surface area contributed by atoms with Gasteiger partial charge in [-0.2, -0.15) is 10.2 Å². The maximum Gasteiger partial charge on any atom is 0.177 e. The molecule has 5 rings (SSSR count). The Labute approximate surface area is 186 Å². The molecule has 0 unspecified atom stereocenters. The fourth-order valence-corrected chi connectivity index (χ4v) is 4.24. The number of aryl methyl sites for hydroxylation is 4. The first-order valence-electron chi connectivity index (χ1n) is 10.6. The summed E-state index contributed by atoms with van der Waals surface area (Å²) in [5, 5.41) is 14.0. The summed E-state index contributed by atoms with van der Waals surface area (Å²) >= 11 is 0. The highest BCUT2D eigenvalue weighted by Crippen LogP contribution is 2.31. The molecule has 7 nitrogen and oxygen atoms in total. The molecule has 3 heterocycles. The van der Waals surface area contributed by atoms with E-state index in [0.717, 1.165) is 56.3 Å². The van der Waals surface area contributed by atoms with Crippen molar-refractivity contribution in [2.24, 2.45) is 7.05 Å². The van der Waals surface area contributed by atoms with E-state index in [1.807, 2.05) is 55.2 Å². The zero-order valence-electron chi connectivity index (χ0n) is 19.0. The summed E-state index contributed by atoms with van der Waals surface area (Å²) in [6, 6.07) is 16.5. The fraction of sp³-hybridized carbons (Fsp3) is 0.240. The lowest BCUT2D eigenvalue weighted by Crippen LogP contribution is -2.05. The van der Waals surface area contributed by atoms with Crippen molar-refractivity contribution in [1.29, 1.82) is 0 Å². The van der Waals surface area contributed by atoms with Crippen LogP contribution in [0.4, 0.5) is 5.69 Å². The highest BCUT2D eigenvalue weighted by atomic mass is 16.5. The number of benzene rings is 2. The van der Waals surface area contributed by atoms with Gasteiger partial charge < -0.3 is 10.1 Å². The predicted molar refractivity (Wildman–Crippen MR) is 127 cm³/mol. The van der Waals surface area contributed by atoms with Gasteiger partial charge in [0.2, 0.25) is 0 Å². The van der Waals surface area contributed by atoms with E-state index in [4.69, 9.17) is 14.8 Å². The Bertz CT molecular complexity index is 1450. The van der Waals surface area contributed by atoms with E-state index in [-0.39, 0.29) is 0 Å². The molecule has 0 fully saturated rings. The number of imidazole rings is 1. The Morgan fingerprint density at radius 1 is 0.938 bits per heavy atom. The van der Waals surface area contributed by atoms with Gasteiger partial charge in [0.25, 0.3) is 0 Å². The summed E-state index contributed by atoms with van der Waals surface area (Å²) in [4.78, 5) is 4.88. The molecule has 0 bridgehead atoms. The second-order valence-corrected chi connectivity index (χ2v) is 8.12. The fourth-order valence-electron chi connectivity index (χ4n) is 4.24. The zero-order valence-corrected chi connectivity index (χ0v) is 19.0.